The van der Waals surface area contributed by atoms with Gasteiger partial charge in [0.1, 0.15) is 9.90 Å². The average Bonchev–Trinajstić information content (AvgIpc) is 3.64. The van der Waals surface area contributed by atoms with Crippen molar-refractivity contribution in [3.63, 3.8) is 0 Å². The number of aromatic nitrogens is 3. The number of thiophene rings is 1. The first-order chi connectivity index (χ1) is 16.5. The SMILES string of the molecule is O=C(NCc1ccc(S(=O)(=O)N2CCCC2)s1)c1cn(-c2ccccc2)nc1-c1cccnc1. The molecule has 0 bridgehead atoms. The normalized spacial score (nSPS) is 14.4. The Labute approximate surface area is 201 Å². The first-order valence-electron chi connectivity index (χ1n) is 10.9. The van der Waals surface area contributed by atoms with Crippen LogP contribution in [-0.4, -0.2) is 46.5 Å². The molecule has 8 nitrogen and oxygen atoms in total. The van der Waals surface area contributed by atoms with E-state index in [0.29, 0.717) is 28.6 Å². The average molecular weight is 494 g/mol. The number of pyridine rings is 1. The Hall–Kier alpha value is -3.34. The van der Waals surface area contributed by atoms with E-state index in [9.17, 15) is 13.2 Å². The van der Waals surface area contributed by atoms with Crippen LogP contribution in [0.3, 0.4) is 0 Å². The largest absolute Gasteiger partial charge is 0.347 e. The van der Waals surface area contributed by atoms with Crippen LogP contribution in [0.15, 0.2) is 77.4 Å². The fourth-order valence-corrected chi connectivity index (χ4v) is 6.85. The number of carbonyl (C=O) groups is 1. The molecule has 174 valence electrons. The minimum Gasteiger partial charge on any atom is -0.347 e. The maximum atomic E-state index is 13.2. The second kappa shape index (κ2) is 9.49. The highest BCUT2D eigenvalue weighted by Crippen LogP contribution is 2.28. The molecule has 1 aromatic carbocycles. The van der Waals surface area contributed by atoms with Gasteiger partial charge in [-0.25, -0.2) is 13.1 Å². The molecule has 1 amide bonds. The van der Waals surface area contributed by atoms with Crippen molar-refractivity contribution in [2.24, 2.45) is 0 Å². The quantitative estimate of drug-likeness (QED) is 0.423. The predicted octanol–water partition coefficient (Wildman–Crippen LogP) is 3.71. The number of amides is 1. The van der Waals surface area contributed by atoms with Gasteiger partial charge in [0.15, 0.2) is 0 Å². The van der Waals surface area contributed by atoms with E-state index in [4.69, 9.17) is 0 Å². The third-order valence-electron chi connectivity index (χ3n) is 5.63. The molecule has 10 heteroatoms. The van der Waals surface area contributed by atoms with Crippen LogP contribution in [0.4, 0.5) is 0 Å². The summed E-state index contributed by atoms with van der Waals surface area (Å²) in [5.41, 5.74) is 2.51. The monoisotopic (exact) mass is 493 g/mol. The number of para-hydroxylation sites is 1. The molecule has 0 radical (unpaired) electrons. The minimum atomic E-state index is -3.46. The summed E-state index contributed by atoms with van der Waals surface area (Å²) in [6.45, 7) is 1.35. The Morgan fingerprint density at radius 2 is 1.82 bits per heavy atom. The molecule has 0 atom stereocenters. The highest BCUT2D eigenvalue weighted by atomic mass is 32.2. The predicted molar refractivity (Wildman–Crippen MR) is 130 cm³/mol. The molecule has 1 aliphatic rings. The highest BCUT2D eigenvalue weighted by Gasteiger charge is 2.28. The molecule has 0 unspecified atom stereocenters. The lowest BCUT2D eigenvalue weighted by atomic mass is 10.1. The minimum absolute atomic E-state index is 0.224. The Balaban J connectivity index is 1.37. The van der Waals surface area contributed by atoms with Gasteiger partial charge in [0, 0.05) is 42.1 Å². The number of hydrogen-bond donors (Lipinski definition) is 1. The Bertz CT molecular complexity index is 1390. The number of benzene rings is 1. The highest BCUT2D eigenvalue weighted by molar-refractivity contribution is 7.91. The molecule has 34 heavy (non-hydrogen) atoms. The summed E-state index contributed by atoms with van der Waals surface area (Å²) in [4.78, 5) is 18.1. The third kappa shape index (κ3) is 4.52. The molecule has 4 heterocycles. The topological polar surface area (TPSA) is 97.2 Å². The van der Waals surface area contributed by atoms with Crippen LogP contribution < -0.4 is 5.32 Å². The number of sulfonamides is 1. The van der Waals surface area contributed by atoms with E-state index < -0.39 is 10.0 Å². The number of rotatable bonds is 7. The molecule has 0 aliphatic carbocycles. The van der Waals surface area contributed by atoms with E-state index in [0.717, 1.165) is 29.0 Å². The summed E-state index contributed by atoms with van der Waals surface area (Å²) < 4.78 is 29.1. The van der Waals surface area contributed by atoms with E-state index in [1.54, 1.807) is 41.5 Å². The number of nitrogens with one attached hydrogen (secondary N) is 1. The van der Waals surface area contributed by atoms with Gasteiger partial charge < -0.3 is 5.32 Å². The molecule has 5 rings (SSSR count). The van der Waals surface area contributed by atoms with Crippen molar-refractivity contribution in [2.75, 3.05) is 13.1 Å². The second-order valence-corrected chi connectivity index (χ2v) is 11.3. The van der Waals surface area contributed by atoms with Crippen molar-refractivity contribution in [3.8, 4) is 16.9 Å². The zero-order chi connectivity index (χ0) is 23.5. The van der Waals surface area contributed by atoms with E-state index in [2.05, 4.69) is 15.4 Å². The molecule has 1 fully saturated rings. The first-order valence-corrected chi connectivity index (χ1v) is 13.2. The van der Waals surface area contributed by atoms with Crippen molar-refractivity contribution < 1.29 is 13.2 Å². The van der Waals surface area contributed by atoms with Gasteiger partial charge in [0.05, 0.1) is 17.8 Å². The summed E-state index contributed by atoms with van der Waals surface area (Å²) in [5.74, 6) is -0.293. The van der Waals surface area contributed by atoms with Crippen molar-refractivity contribution in [3.05, 3.63) is 83.6 Å². The summed E-state index contributed by atoms with van der Waals surface area (Å²) in [5, 5.41) is 7.55. The number of carbonyl (C=O) groups excluding carboxylic acids is 1. The molecule has 0 spiro atoms. The summed E-state index contributed by atoms with van der Waals surface area (Å²) in [6.07, 6.45) is 6.82. The smallest absolute Gasteiger partial charge is 0.255 e. The van der Waals surface area contributed by atoms with Crippen LogP contribution >= 0.6 is 11.3 Å². The molecule has 0 saturated carbocycles. The Morgan fingerprint density at radius 1 is 1.03 bits per heavy atom. The van der Waals surface area contributed by atoms with Gasteiger partial charge >= 0.3 is 0 Å². The zero-order valence-corrected chi connectivity index (χ0v) is 19.9. The van der Waals surface area contributed by atoms with Crippen LogP contribution in [-0.2, 0) is 16.6 Å². The van der Waals surface area contributed by atoms with Gasteiger partial charge in [-0.3, -0.25) is 9.78 Å². The van der Waals surface area contributed by atoms with Crippen molar-refractivity contribution >= 4 is 27.3 Å². The van der Waals surface area contributed by atoms with Crippen molar-refractivity contribution in [1.82, 2.24) is 24.4 Å². The molecular weight excluding hydrogens is 470 g/mol. The van der Waals surface area contributed by atoms with E-state index in [1.807, 2.05) is 36.4 Å². The van der Waals surface area contributed by atoms with Crippen LogP contribution in [0.25, 0.3) is 16.9 Å². The van der Waals surface area contributed by atoms with Crippen LogP contribution in [0, 0.1) is 0 Å². The van der Waals surface area contributed by atoms with Gasteiger partial charge in [-0.1, -0.05) is 18.2 Å². The molecule has 1 N–H and O–H groups in total. The second-order valence-electron chi connectivity index (χ2n) is 7.93. The van der Waals surface area contributed by atoms with E-state index in [1.165, 1.54) is 15.6 Å². The van der Waals surface area contributed by atoms with Crippen molar-refractivity contribution in [2.45, 2.75) is 23.6 Å². The third-order valence-corrected chi connectivity index (χ3v) is 9.09. The van der Waals surface area contributed by atoms with Gasteiger partial charge in [-0.2, -0.15) is 9.40 Å². The van der Waals surface area contributed by atoms with E-state index >= 15 is 0 Å². The van der Waals surface area contributed by atoms with Gasteiger partial charge in [-0.05, 0) is 49.2 Å². The van der Waals surface area contributed by atoms with Gasteiger partial charge in [-0.15, -0.1) is 11.3 Å². The number of hydrogen-bond acceptors (Lipinski definition) is 6. The number of nitrogens with zero attached hydrogens (tertiary/aromatic N) is 4. The fourth-order valence-electron chi connectivity index (χ4n) is 3.88. The maximum Gasteiger partial charge on any atom is 0.255 e. The maximum absolute atomic E-state index is 13.2. The summed E-state index contributed by atoms with van der Waals surface area (Å²) in [6, 6.07) is 16.6. The lowest BCUT2D eigenvalue weighted by Crippen LogP contribution is -2.27. The van der Waals surface area contributed by atoms with Crippen molar-refractivity contribution in [1.29, 1.82) is 0 Å². The lowest BCUT2D eigenvalue weighted by Gasteiger charge is -2.13. The zero-order valence-electron chi connectivity index (χ0n) is 18.3. The summed E-state index contributed by atoms with van der Waals surface area (Å²) in [7, 11) is -3.46. The lowest BCUT2D eigenvalue weighted by molar-refractivity contribution is 0.0952. The Kier molecular flexibility index (Phi) is 6.27. The molecule has 4 aromatic rings. The van der Waals surface area contributed by atoms with Crippen LogP contribution in [0.5, 0.6) is 0 Å². The van der Waals surface area contributed by atoms with Gasteiger partial charge in [0.2, 0.25) is 0 Å². The summed E-state index contributed by atoms with van der Waals surface area (Å²) >= 11 is 1.19. The molecular formula is C24H23N5O3S2. The molecule has 3 aromatic heterocycles. The fraction of sp³-hybridized carbons (Fsp3) is 0.208. The molecule has 1 aliphatic heterocycles. The standard InChI is InChI=1S/C24H23N5O3S2/c30-24(26-16-20-10-11-22(33-20)34(31,32)28-13-4-5-14-28)21-17-29(19-8-2-1-3-9-19)27-23(21)18-7-6-12-25-15-18/h1-3,6-12,15,17H,4-5,13-14,16H2,(H,26,30). The van der Waals surface area contributed by atoms with Crippen LogP contribution in [0.1, 0.15) is 28.1 Å². The Morgan fingerprint density at radius 3 is 2.56 bits per heavy atom. The molecule has 1 saturated heterocycles. The van der Waals surface area contributed by atoms with E-state index in [-0.39, 0.29) is 12.5 Å². The van der Waals surface area contributed by atoms with Crippen LogP contribution in [0.2, 0.25) is 0 Å². The van der Waals surface area contributed by atoms with Gasteiger partial charge in [0.25, 0.3) is 15.9 Å². The first kappa shape index (κ1) is 22.5.